The van der Waals surface area contributed by atoms with E-state index < -0.39 is 12.3 Å². The smallest absolute Gasteiger partial charge is 0.322 e. The highest BCUT2D eigenvalue weighted by Gasteiger charge is 2.34. The van der Waals surface area contributed by atoms with Crippen molar-refractivity contribution in [1.82, 2.24) is 20.4 Å². The van der Waals surface area contributed by atoms with E-state index in [9.17, 15) is 9.59 Å². The van der Waals surface area contributed by atoms with Crippen molar-refractivity contribution in [3.63, 3.8) is 0 Å². The van der Waals surface area contributed by atoms with Crippen LogP contribution in [0.1, 0.15) is 32.3 Å². The molecule has 0 bridgehead atoms. The number of aromatic nitrogens is 2. The van der Waals surface area contributed by atoms with Crippen molar-refractivity contribution in [2.24, 2.45) is 5.92 Å². The average Bonchev–Trinajstić information content (AvgIpc) is 2.98. The molecule has 0 spiro atoms. The quantitative estimate of drug-likeness (QED) is 0.600. The van der Waals surface area contributed by atoms with Crippen molar-refractivity contribution >= 4 is 46.6 Å². The minimum absolute atomic E-state index is 0.0221. The summed E-state index contributed by atoms with van der Waals surface area (Å²) in [4.78, 5) is 24.7. The number of benzene rings is 1. The van der Waals surface area contributed by atoms with Crippen molar-refractivity contribution < 1.29 is 9.59 Å². The third-order valence-electron chi connectivity index (χ3n) is 4.60. The minimum Gasteiger partial charge on any atom is -0.322 e. The van der Waals surface area contributed by atoms with Gasteiger partial charge in [0.2, 0.25) is 5.91 Å². The molecule has 3 unspecified atom stereocenters. The molecular weight excluding hydrogens is 403 g/mol. The predicted molar refractivity (Wildman–Crippen MR) is 110 cm³/mol. The summed E-state index contributed by atoms with van der Waals surface area (Å²) in [6, 6.07) is 6.03. The molecule has 4 N–H and O–H groups in total. The Bertz CT molecular complexity index is 900. The maximum absolute atomic E-state index is 12.4. The second-order valence-electron chi connectivity index (χ2n) is 6.70. The zero-order chi connectivity index (χ0) is 20.4. The van der Waals surface area contributed by atoms with E-state index in [4.69, 9.17) is 23.2 Å². The Labute approximate surface area is 173 Å². The highest BCUT2D eigenvalue weighted by Crippen LogP contribution is 2.25. The third-order valence-corrected chi connectivity index (χ3v) is 5.34. The summed E-state index contributed by atoms with van der Waals surface area (Å²) in [6.07, 6.45) is 0.182. The number of amides is 3. The number of anilines is 2. The Morgan fingerprint density at radius 1 is 1.25 bits per heavy atom. The standard InChI is InChI=1S/C18H22Cl2N6O2/c1-4-12-10(3)21-17(24-16(12)27)26-15(7-9(2)25-26)23-18(28)22-11-5-6-13(19)14(20)8-11/h5-8,10,12,17,21H,4H2,1-3H3,(H,24,27)(H2,22,23,28). The number of rotatable bonds is 4. The van der Waals surface area contributed by atoms with E-state index in [1.54, 1.807) is 28.9 Å². The topological polar surface area (TPSA) is 100 Å². The Kier molecular flexibility index (Phi) is 6.12. The molecular formula is C18H22Cl2N6O2. The van der Waals surface area contributed by atoms with Gasteiger partial charge in [-0.05, 0) is 38.5 Å². The largest absolute Gasteiger partial charge is 0.324 e. The van der Waals surface area contributed by atoms with Crippen LogP contribution in [-0.2, 0) is 4.79 Å². The predicted octanol–water partition coefficient (Wildman–Crippen LogP) is 3.73. The molecule has 2 aromatic rings. The highest BCUT2D eigenvalue weighted by atomic mass is 35.5. The van der Waals surface area contributed by atoms with E-state index in [1.165, 1.54) is 0 Å². The van der Waals surface area contributed by atoms with Crippen LogP contribution >= 0.6 is 23.2 Å². The number of nitrogens with one attached hydrogen (secondary N) is 4. The summed E-state index contributed by atoms with van der Waals surface area (Å²) in [5, 5.41) is 16.8. The first-order chi connectivity index (χ1) is 13.3. The van der Waals surface area contributed by atoms with Crippen LogP contribution in [0.2, 0.25) is 10.0 Å². The van der Waals surface area contributed by atoms with Gasteiger partial charge >= 0.3 is 6.03 Å². The number of nitrogens with zero attached hydrogens (tertiary/aromatic N) is 2. The Morgan fingerprint density at radius 2 is 2.00 bits per heavy atom. The van der Waals surface area contributed by atoms with Gasteiger partial charge in [0.1, 0.15) is 5.82 Å². The molecule has 3 atom stereocenters. The lowest BCUT2D eigenvalue weighted by atomic mass is 9.95. The van der Waals surface area contributed by atoms with Gasteiger partial charge in [-0.15, -0.1) is 0 Å². The van der Waals surface area contributed by atoms with E-state index in [-0.39, 0.29) is 17.9 Å². The number of urea groups is 1. The second kappa shape index (κ2) is 8.38. The Hall–Kier alpha value is -2.29. The van der Waals surface area contributed by atoms with Crippen LogP contribution in [0.3, 0.4) is 0 Å². The van der Waals surface area contributed by atoms with Gasteiger partial charge in [-0.1, -0.05) is 30.1 Å². The SMILES string of the molecule is CCC1C(=O)NC(n2nc(C)cc2NC(=O)Nc2ccc(Cl)c(Cl)c2)NC1C. The molecule has 0 radical (unpaired) electrons. The van der Waals surface area contributed by atoms with Crippen LogP contribution in [0.15, 0.2) is 24.3 Å². The average molecular weight is 425 g/mol. The van der Waals surface area contributed by atoms with Crippen molar-refractivity contribution in [3.05, 3.63) is 40.0 Å². The molecule has 2 heterocycles. The first-order valence-electron chi connectivity index (χ1n) is 8.94. The van der Waals surface area contributed by atoms with E-state index in [2.05, 4.69) is 26.4 Å². The second-order valence-corrected chi connectivity index (χ2v) is 7.52. The molecule has 10 heteroatoms. The Balaban J connectivity index is 1.74. The molecule has 1 aromatic carbocycles. The van der Waals surface area contributed by atoms with E-state index in [1.807, 2.05) is 20.8 Å². The summed E-state index contributed by atoms with van der Waals surface area (Å²) in [6.45, 7) is 5.74. The molecule has 3 amide bonds. The summed E-state index contributed by atoms with van der Waals surface area (Å²) in [7, 11) is 0. The molecule has 1 fully saturated rings. The van der Waals surface area contributed by atoms with E-state index in [0.717, 1.165) is 6.42 Å². The zero-order valence-electron chi connectivity index (χ0n) is 15.7. The lowest BCUT2D eigenvalue weighted by molar-refractivity contribution is -0.130. The number of carbonyl (C=O) groups excluding carboxylic acids is 2. The van der Waals surface area contributed by atoms with Gasteiger partial charge in [-0.2, -0.15) is 5.10 Å². The molecule has 3 rings (SSSR count). The third kappa shape index (κ3) is 4.40. The fourth-order valence-electron chi connectivity index (χ4n) is 3.21. The molecule has 1 aromatic heterocycles. The van der Waals surface area contributed by atoms with Crippen LogP contribution in [0, 0.1) is 12.8 Å². The van der Waals surface area contributed by atoms with Crippen LogP contribution in [-0.4, -0.2) is 27.8 Å². The molecule has 8 nitrogen and oxygen atoms in total. The van der Waals surface area contributed by atoms with Gasteiger partial charge in [0.15, 0.2) is 6.29 Å². The minimum atomic E-state index is -0.556. The number of aryl methyl sites for hydroxylation is 1. The van der Waals surface area contributed by atoms with Crippen molar-refractivity contribution in [3.8, 4) is 0 Å². The van der Waals surface area contributed by atoms with Crippen LogP contribution in [0.25, 0.3) is 0 Å². The highest BCUT2D eigenvalue weighted by molar-refractivity contribution is 6.42. The fourth-order valence-corrected chi connectivity index (χ4v) is 3.50. The zero-order valence-corrected chi connectivity index (χ0v) is 17.2. The van der Waals surface area contributed by atoms with Gasteiger partial charge in [0.05, 0.1) is 21.7 Å². The molecule has 28 heavy (non-hydrogen) atoms. The number of halogens is 2. The first kappa shape index (κ1) is 20.4. The Morgan fingerprint density at radius 3 is 2.64 bits per heavy atom. The maximum Gasteiger partial charge on any atom is 0.324 e. The number of hydrogen-bond donors (Lipinski definition) is 4. The lowest BCUT2D eigenvalue weighted by Crippen LogP contribution is -2.57. The van der Waals surface area contributed by atoms with Gasteiger partial charge in [0, 0.05) is 17.8 Å². The number of carbonyl (C=O) groups is 2. The molecule has 1 aliphatic heterocycles. The van der Waals surface area contributed by atoms with Crippen molar-refractivity contribution in [2.45, 2.75) is 39.5 Å². The molecule has 150 valence electrons. The van der Waals surface area contributed by atoms with E-state index >= 15 is 0 Å². The summed E-state index contributed by atoms with van der Waals surface area (Å²) in [5.41, 5.74) is 1.20. The fraction of sp³-hybridized carbons (Fsp3) is 0.389. The van der Waals surface area contributed by atoms with Gasteiger partial charge in [-0.25, -0.2) is 9.48 Å². The normalized spacial score (nSPS) is 21.9. The van der Waals surface area contributed by atoms with Crippen LogP contribution in [0.4, 0.5) is 16.3 Å². The summed E-state index contributed by atoms with van der Waals surface area (Å²) >= 11 is 11.9. The lowest BCUT2D eigenvalue weighted by Gasteiger charge is -2.35. The van der Waals surface area contributed by atoms with Gasteiger partial charge < -0.3 is 10.6 Å². The van der Waals surface area contributed by atoms with Gasteiger partial charge in [-0.3, -0.25) is 15.4 Å². The monoisotopic (exact) mass is 424 g/mol. The number of hydrogen-bond acceptors (Lipinski definition) is 4. The van der Waals surface area contributed by atoms with Crippen molar-refractivity contribution in [2.75, 3.05) is 10.6 Å². The maximum atomic E-state index is 12.4. The molecule has 1 aliphatic rings. The van der Waals surface area contributed by atoms with Crippen LogP contribution < -0.4 is 21.3 Å². The first-order valence-corrected chi connectivity index (χ1v) is 9.69. The van der Waals surface area contributed by atoms with E-state index in [0.29, 0.717) is 27.2 Å². The molecule has 0 saturated carbocycles. The van der Waals surface area contributed by atoms with Crippen molar-refractivity contribution in [1.29, 1.82) is 0 Å². The van der Waals surface area contributed by atoms with Gasteiger partial charge in [0.25, 0.3) is 0 Å². The summed E-state index contributed by atoms with van der Waals surface area (Å²) < 4.78 is 1.55. The molecule has 0 aliphatic carbocycles. The summed E-state index contributed by atoms with van der Waals surface area (Å²) in [5.74, 6) is 0.287. The molecule has 1 saturated heterocycles. The van der Waals surface area contributed by atoms with Crippen LogP contribution in [0.5, 0.6) is 0 Å².